The van der Waals surface area contributed by atoms with Gasteiger partial charge < -0.3 is 24.6 Å². The molecule has 0 radical (unpaired) electrons. The number of ether oxygens (including phenoxy) is 2. The Morgan fingerprint density at radius 3 is 2.22 bits per heavy atom. The standard InChI is InChI=1S/C22H31BrClN3O5/c1-22(2,3)32-21(30)25-9-8-20(29)27-12-10-26(11-13-27)19(28)5-4-14-31-18-7-6-16(23)15-17(18)24/h6-7,15H,4-5,8-14H2,1-3H3,(H,25,30). The van der Waals surface area contributed by atoms with Gasteiger partial charge in [-0.2, -0.15) is 0 Å². The Hall–Kier alpha value is -2.00. The molecule has 0 bridgehead atoms. The van der Waals surface area contributed by atoms with E-state index in [1.807, 2.05) is 6.07 Å². The first kappa shape index (κ1) is 26.3. The molecule has 1 N–H and O–H groups in total. The topological polar surface area (TPSA) is 88.2 Å². The number of nitrogens with zero attached hydrogens (tertiary/aromatic N) is 2. The predicted octanol–water partition coefficient (Wildman–Crippen LogP) is 3.85. The number of piperazine rings is 1. The number of rotatable bonds is 8. The summed E-state index contributed by atoms with van der Waals surface area (Å²) in [6.45, 7) is 7.94. The van der Waals surface area contributed by atoms with Gasteiger partial charge in [0.2, 0.25) is 11.8 Å². The van der Waals surface area contributed by atoms with Crippen LogP contribution in [0.1, 0.15) is 40.0 Å². The van der Waals surface area contributed by atoms with Crippen LogP contribution in [0.5, 0.6) is 5.75 Å². The number of halogens is 2. The number of carbonyl (C=O) groups is 3. The second-order valence-corrected chi connectivity index (χ2v) is 9.79. The highest BCUT2D eigenvalue weighted by atomic mass is 79.9. The Kier molecular flexibility index (Phi) is 10.1. The maximum Gasteiger partial charge on any atom is 0.407 e. The molecule has 0 saturated carbocycles. The zero-order valence-electron chi connectivity index (χ0n) is 18.8. The summed E-state index contributed by atoms with van der Waals surface area (Å²) in [4.78, 5) is 39.9. The zero-order chi connectivity index (χ0) is 23.7. The van der Waals surface area contributed by atoms with Crippen molar-refractivity contribution in [2.24, 2.45) is 0 Å². The molecule has 1 fully saturated rings. The minimum absolute atomic E-state index is 0.0482. The van der Waals surface area contributed by atoms with E-state index in [2.05, 4.69) is 21.2 Å². The summed E-state index contributed by atoms with van der Waals surface area (Å²) in [6, 6.07) is 5.39. The predicted molar refractivity (Wildman–Crippen MR) is 126 cm³/mol. The minimum atomic E-state index is -0.574. The molecular formula is C22H31BrClN3O5. The number of nitrogens with one attached hydrogen (secondary N) is 1. The van der Waals surface area contributed by atoms with Crippen molar-refractivity contribution < 1.29 is 23.9 Å². The van der Waals surface area contributed by atoms with E-state index in [-0.39, 0.29) is 24.8 Å². The third-order valence-corrected chi connectivity index (χ3v) is 5.47. The van der Waals surface area contributed by atoms with Crippen molar-refractivity contribution in [2.45, 2.75) is 45.6 Å². The fraction of sp³-hybridized carbons (Fsp3) is 0.591. The number of amides is 3. The highest BCUT2D eigenvalue weighted by Crippen LogP contribution is 2.27. The number of alkyl carbamates (subject to hydrolysis) is 1. The first-order chi connectivity index (χ1) is 15.0. The van der Waals surface area contributed by atoms with Crippen molar-refractivity contribution >= 4 is 45.4 Å². The lowest BCUT2D eigenvalue weighted by atomic mass is 10.2. The van der Waals surface area contributed by atoms with E-state index < -0.39 is 11.7 Å². The number of carbonyl (C=O) groups excluding carboxylic acids is 3. The van der Waals surface area contributed by atoms with Crippen molar-refractivity contribution in [2.75, 3.05) is 39.3 Å². The van der Waals surface area contributed by atoms with Crippen LogP contribution in [0.3, 0.4) is 0 Å². The second-order valence-electron chi connectivity index (χ2n) is 8.47. The van der Waals surface area contributed by atoms with Crippen molar-refractivity contribution in [3.05, 3.63) is 27.7 Å². The Morgan fingerprint density at radius 2 is 1.66 bits per heavy atom. The lowest BCUT2D eigenvalue weighted by Gasteiger charge is -2.35. The molecule has 0 atom stereocenters. The molecule has 0 aliphatic carbocycles. The molecule has 0 spiro atoms. The van der Waals surface area contributed by atoms with Gasteiger partial charge in [-0.25, -0.2) is 4.79 Å². The summed E-state index contributed by atoms with van der Waals surface area (Å²) < 4.78 is 11.7. The van der Waals surface area contributed by atoms with Crippen LogP contribution in [0.15, 0.2) is 22.7 Å². The number of hydrogen-bond donors (Lipinski definition) is 1. The van der Waals surface area contributed by atoms with Gasteiger partial charge in [0.25, 0.3) is 0 Å². The largest absolute Gasteiger partial charge is 0.492 e. The van der Waals surface area contributed by atoms with E-state index in [0.717, 1.165) is 4.47 Å². The van der Waals surface area contributed by atoms with Crippen molar-refractivity contribution in [3.63, 3.8) is 0 Å². The molecule has 1 aliphatic heterocycles. The Balaban J connectivity index is 1.61. The summed E-state index contributed by atoms with van der Waals surface area (Å²) >= 11 is 9.46. The first-order valence-electron chi connectivity index (χ1n) is 10.7. The van der Waals surface area contributed by atoms with Crippen LogP contribution in [-0.4, -0.2) is 72.6 Å². The summed E-state index contributed by atoms with van der Waals surface area (Å²) in [7, 11) is 0. The van der Waals surface area contributed by atoms with Gasteiger partial charge in [-0.05, 0) is 45.4 Å². The van der Waals surface area contributed by atoms with E-state index >= 15 is 0 Å². The van der Waals surface area contributed by atoms with Gasteiger partial charge in [-0.3, -0.25) is 9.59 Å². The summed E-state index contributed by atoms with van der Waals surface area (Å²) in [5.41, 5.74) is -0.574. The van der Waals surface area contributed by atoms with Crippen LogP contribution in [0.2, 0.25) is 5.02 Å². The van der Waals surface area contributed by atoms with Gasteiger partial charge in [-0.15, -0.1) is 0 Å². The lowest BCUT2D eigenvalue weighted by molar-refractivity contribution is -0.139. The van der Waals surface area contributed by atoms with Crippen molar-refractivity contribution in [1.82, 2.24) is 15.1 Å². The van der Waals surface area contributed by atoms with Crippen LogP contribution in [0, 0.1) is 0 Å². The highest BCUT2D eigenvalue weighted by molar-refractivity contribution is 9.10. The highest BCUT2D eigenvalue weighted by Gasteiger charge is 2.24. The molecule has 32 heavy (non-hydrogen) atoms. The van der Waals surface area contributed by atoms with E-state index in [9.17, 15) is 14.4 Å². The van der Waals surface area contributed by atoms with Gasteiger partial charge in [0.05, 0.1) is 11.6 Å². The fourth-order valence-electron chi connectivity index (χ4n) is 3.10. The van der Waals surface area contributed by atoms with Crippen LogP contribution < -0.4 is 10.1 Å². The second kappa shape index (κ2) is 12.3. The van der Waals surface area contributed by atoms with E-state index in [0.29, 0.717) is 56.4 Å². The molecule has 1 aliphatic rings. The molecule has 1 saturated heterocycles. The monoisotopic (exact) mass is 531 g/mol. The Bertz CT molecular complexity index is 807. The smallest absolute Gasteiger partial charge is 0.407 e. The molecule has 1 aromatic rings. The zero-order valence-corrected chi connectivity index (χ0v) is 21.1. The summed E-state index contributed by atoms with van der Waals surface area (Å²) in [6.07, 6.45) is 0.623. The van der Waals surface area contributed by atoms with Crippen LogP contribution >= 0.6 is 27.5 Å². The summed E-state index contributed by atoms with van der Waals surface area (Å²) in [5.74, 6) is 0.595. The summed E-state index contributed by atoms with van der Waals surface area (Å²) in [5, 5.41) is 3.11. The van der Waals surface area contributed by atoms with E-state index in [1.165, 1.54) is 0 Å². The van der Waals surface area contributed by atoms with Crippen molar-refractivity contribution in [1.29, 1.82) is 0 Å². The van der Waals surface area contributed by atoms with Gasteiger partial charge >= 0.3 is 6.09 Å². The molecule has 2 rings (SSSR count). The fourth-order valence-corrected chi connectivity index (χ4v) is 3.83. The lowest BCUT2D eigenvalue weighted by Crippen LogP contribution is -2.51. The quantitative estimate of drug-likeness (QED) is 0.514. The maximum atomic E-state index is 12.4. The van der Waals surface area contributed by atoms with E-state index in [1.54, 1.807) is 42.7 Å². The van der Waals surface area contributed by atoms with Crippen LogP contribution in [0.4, 0.5) is 4.79 Å². The Morgan fingerprint density at radius 1 is 1.06 bits per heavy atom. The van der Waals surface area contributed by atoms with Gasteiger partial charge in [0, 0.05) is 50.0 Å². The molecule has 3 amide bonds. The van der Waals surface area contributed by atoms with E-state index in [4.69, 9.17) is 21.1 Å². The normalized spacial score (nSPS) is 14.2. The molecule has 0 unspecified atom stereocenters. The molecule has 1 aromatic carbocycles. The van der Waals surface area contributed by atoms with Gasteiger partial charge in [-0.1, -0.05) is 27.5 Å². The van der Waals surface area contributed by atoms with Crippen LogP contribution in [-0.2, 0) is 14.3 Å². The molecule has 178 valence electrons. The van der Waals surface area contributed by atoms with Crippen molar-refractivity contribution in [3.8, 4) is 5.75 Å². The SMILES string of the molecule is CC(C)(C)OC(=O)NCCC(=O)N1CCN(C(=O)CCCOc2ccc(Br)cc2Cl)CC1. The minimum Gasteiger partial charge on any atom is -0.492 e. The number of benzene rings is 1. The van der Waals surface area contributed by atoms with Gasteiger partial charge in [0.15, 0.2) is 0 Å². The Labute approximate surface area is 202 Å². The first-order valence-corrected chi connectivity index (χ1v) is 11.8. The van der Waals surface area contributed by atoms with Crippen LogP contribution in [0.25, 0.3) is 0 Å². The molecule has 10 heteroatoms. The maximum absolute atomic E-state index is 12.4. The third-order valence-electron chi connectivity index (χ3n) is 4.68. The van der Waals surface area contributed by atoms with Gasteiger partial charge in [0.1, 0.15) is 11.4 Å². The molecular weight excluding hydrogens is 502 g/mol. The molecule has 1 heterocycles. The average molecular weight is 533 g/mol. The molecule has 0 aromatic heterocycles. The average Bonchev–Trinajstić information content (AvgIpc) is 2.71. The number of hydrogen-bond acceptors (Lipinski definition) is 5. The third kappa shape index (κ3) is 9.24. The molecule has 8 nitrogen and oxygen atoms in total.